The lowest BCUT2D eigenvalue weighted by molar-refractivity contribution is -0.111. The predicted octanol–water partition coefficient (Wildman–Crippen LogP) is 5.82. The van der Waals surface area contributed by atoms with Crippen molar-refractivity contribution >= 4 is 29.3 Å². The van der Waals surface area contributed by atoms with Crippen LogP contribution in [0.2, 0.25) is 0 Å². The number of hydrogen-bond acceptors (Lipinski definition) is 3. The molecule has 2 N–H and O–H groups in total. The van der Waals surface area contributed by atoms with Crippen LogP contribution in [0.1, 0.15) is 53.7 Å². The van der Waals surface area contributed by atoms with Gasteiger partial charge in [-0.2, -0.15) is 0 Å². The van der Waals surface area contributed by atoms with Gasteiger partial charge in [0.1, 0.15) is 0 Å². The fraction of sp³-hybridized carbons (Fsp3) is 0.241. The Balaban J connectivity index is 1.54. The minimum atomic E-state index is -0.237. The number of nitrogens with zero attached hydrogens (tertiary/aromatic N) is 1. The van der Waals surface area contributed by atoms with Gasteiger partial charge >= 0.3 is 0 Å². The van der Waals surface area contributed by atoms with Crippen LogP contribution in [0.15, 0.2) is 84.9 Å². The standard InChI is InChI=1S/C29H31N3O2/c1-22(24-13-7-3-8-14-24)30-29(34)26-21-25(16-17-27(26)32-19-9-4-10-20-32)31-28(33)18-15-23-11-5-2-6-12-23/h2-3,5-8,11-18,21-22H,4,9-10,19-20H2,1H3,(H,30,34)(H,31,33). The van der Waals surface area contributed by atoms with Crippen LogP contribution in [-0.4, -0.2) is 24.9 Å². The maximum Gasteiger partial charge on any atom is 0.253 e. The first-order valence-corrected chi connectivity index (χ1v) is 11.9. The Labute approximate surface area is 201 Å². The number of piperidine rings is 1. The Kier molecular flexibility index (Phi) is 7.76. The van der Waals surface area contributed by atoms with Crippen molar-refractivity contribution < 1.29 is 9.59 Å². The summed E-state index contributed by atoms with van der Waals surface area (Å²) in [5.41, 5.74) is 4.09. The van der Waals surface area contributed by atoms with Crippen molar-refractivity contribution in [1.29, 1.82) is 0 Å². The smallest absolute Gasteiger partial charge is 0.253 e. The van der Waals surface area contributed by atoms with E-state index in [1.165, 1.54) is 12.5 Å². The van der Waals surface area contributed by atoms with Crippen molar-refractivity contribution in [2.24, 2.45) is 0 Å². The van der Waals surface area contributed by atoms with E-state index in [0.29, 0.717) is 11.3 Å². The van der Waals surface area contributed by atoms with Crippen molar-refractivity contribution in [3.05, 3.63) is 102 Å². The predicted molar refractivity (Wildman–Crippen MR) is 139 cm³/mol. The van der Waals surface area contributed by atoms with Crippen LogP contribution < -0.4 is 15.5 Å². The summed E-state index contributed by atoms with van der Waals surface area (Å²) < 4.78 is 0. The normalized spacial score (nSPS) is 14.6. The highest BCUT2D eigenvalue weighted by atomic mass is 16.2. The first kappa shape index (κ1) is 23.3. The average molecular weight is 454 g/mol. The fourth-order valence-corrected chi connectivity index (χ4v) is 4.23. The third kappa shape index (κ3) is 6.13. The zero-order valence-electron chi connectivity index (χ0n) is 19.5. The molecule has 2 amide bonds. The van der Waals surface area contributed by atoms with Gasteiger partial charge in [0.2, 0.25) is 5.91 Å². The van der Waals surface area contributed by atoms with Gasteiger partial charge in [-0.25, -0.2) is 0 Å². The Morgan fingerprint density at radius 3 is 2.26 bits per heavy atom. The van der Waals surface area contributed by atoms with E-state index < -0.39 is 0 Å². The van der Waals surface area contributed by atoms with Gasteiger partial charge in [-0.05, 0) is 61.6 Å². The van der Waals surface area contributed by atoms with E-state index >= 15 is 0 Å². The molecule has 34 heavy (non-hydrogen) atoms. The molecule has 1 aliphatic heterocycles. The molecule has 0 aliphatic carbocycles. The lowest BCUT2D eigenvalue weighted by atomic mass is 10.0. The van der Waals surface area contributed by atoms with Crippen LogP contribution in [-0.2, 0) is 4.79 Å². The highest BCUT2D eigenvalue weighted by Crippen LogP contribution is 2.28. The summed E-state index contributed by atoms with van der Waals surface area (Å²) in [6, 6.07) is 25.1. The number of carbonyl (C=O) groups excluding carboxylic acids is 2. The maximum atomic E-state index is 13.4. The number of nitrogens with one attached hydrogen (secondary N) is 2. The van der Waals surface area contributed by atoms with Crippen LogP contribution in [0.25, 0.3) is 6.08 Å². The number of hydrogen-bond donors (Lipinski definition) is 2. The number of anilines is 2. The number of amides is 2. The van der Waals surface area contributed by atoms with E-state index in [0.717, 1.165) is 42.7 Å². The third-order valence-electron chi connectivity index (χ3n) is 6.08. The second-order valence-corrected chi connectivity index (χ2v) is 8.62. The molecular formula is C29H31N3O2. The summed E-state index contributed by atoms with van der Waals surface area (Å²) >= 11 is 0. The molecule has 1 fully saturated rings. The summed E-state index contributed by atoms with van der Waals surface area (Å²) in [4.78, 5) is 28.2. The van der Waals surface area contributed by atoms with Gasteiger partial charge in [-0.15, -0.1) is 0 Å². The molecule has 0 spiro atoms. The Morgan fingerprint density at radius 1 is 0.882 bits per heavy atom. The van der Waals surface area contributed by atoms with Crippen LogP contribution in [0, 0.1) is 0 Å². The van der Waals surface area contributed by atoms with Crippen molar-refractivity contribution in [1.82, 2.24) is 5.32 Å². The Morgan fingerprint density at radius 2 is 1.56 bits per heavy atom. The summed E-state index contributed by atoms with van der Waals surface area (Å²) in [7, 11) is 0. The van der Waals surface area contributed by atoms with Crippen LogP contribution >= 0.6 is 0 Å². The minimum Gasteiger partial charge on any atom is -0.371 e. The van der Waals surface area contributed by atoms with Crippen LogP contribution in [0.5, 0.6) is 0 Å². The monoisotopic (exact) mass is 453 g/mol. The average Bonchev–Trinajstić information content (AvgIpc) is 2.89. The molecule has 1 unspecified atom stereocenters. The van der Waals surface area contributed by atoms with Crippen molar-refractivity contribution in [2.75, 3.05) is 23.3 Å². The number of carbonyl (C=O) groups is 2. The summed E-state index contributed by atoms with van der Waals surface area (Å²) in [6.45, 7) is 3.84. The lowest BCUT2D eigenvalue weighted by Gasteiger charge is -2.31. The molecule has 0 aromatic heterocycles. The van der Waals surface area contributed by atoms with Crippen molar-refractivity contribution in [3.8, 4) is 0 Å². The molecule has 1 atom stereocenters. The minimum absolute atomic E-state index is 0.130. The second kappa shape index (κ2) is 11.3. The van der Waals surface area contributed by atoms with Crippen LogP contribution in [0.3, 0.4) is 0 Å². The van der Waals surface area contributed by atoms with Gasteiger partial charge in [0.05, 0.1) is 11.6 Å². The number of rotatable bonds is 7. The van der Waals surface area contributed by atoms with E-state index in [1.54, 1.807) is 12.1 Å². The Bertz CT molecular complexity index is 1140. The fourth-order valence-electron chi connectivity index (χ4n) is 4.23. The summed E-state index contributed by atoms with van der Waals surface area (Å²) in [6.07, 6.45) is 6.72. The zero-order chi connectivity index (χ0) is 23.8. The van der Waals surface area contributed by atoms with E-state index in [1.807, 2.05) is 79.7 Å². The van der Waals surface area contributed by atoms with Gasteiger partial charge in [0, 0.05) is 30.5 Å². The SMILES string of the molecule is CC(NC(=O)c1cc(NC(=O)C=Cc2ccccc2)ccc1N1CCCCC1)c1ccccc1. The third-order valence-corrected chi connectivity index (χ3v) is 6.08. The molecule has 174 valence electrons. The van der Waals surface area contributed by atoms with Gasteiger partial charge in [0.25, 0.3) is 5.91 Å². The summed E-state index contributed by atoms with van der Waals surface area (Å²) in [5.74, 6) is -0.383. The van der Waals surface area contributed by atoms with Gasteiger partial charge < -0.3 is 15.5 Å². The molecule has 3 aromatic rings. The molecule has 5 heteroatoms. The van der Waals surface area contributed by atoms with Gasteiger partial charge in [0.15, 0.2) is 0 Å². The second-order valence-electron chi connectivity index (χ2n) is 8.62. The van der Waals surface area contributed by atoms with Crippen molar-refractivity contribution in [3.63, 3.8) is 0 Å². The molecule has 1 heterocycles. The molecule has 4 rings (SSSR count). The first-order chi connectivity index (χ1) is 16.6. The maximum absolute atomic E-state index is 13.4. The highest BCUT2D eigenvalue weighted by molar-refractivity contribution is 6.05. The molecule has 0 saturated carbocycles. The number of benzene rings is 3. The first-order valence-electron chi connectivity index (χ1n) is 11.9. The van der Waals surface area contributed by atoms with E-state index in [4.69, 9.17) is 0 Å². The van der Waals surface area contributed by atoms with E-state index in [-0.39, 0.29) is 17.9 Å². The van der Waals surface area contributed by atoms with E-state index in [2.05, 4.69) is 15.5 Å². The molecular weight excluding hydrogens is 422 g/mol. The summed E-state index contributed by atoms with van der Waals surface area (Å²) in [5, 5.41) is 6.03. The molecule has 1 aliphatic rings. The van der Waals surface area contributed by atoms with Gasteiger partial charge in [-0.1, -0.05) is 60.7 Å². The van der Waals surface area contributed by atoms with Gasteiger partial charge in [-0.3, -0.25) is 9.59 Å². The van der Waals surface area contributed by atoms with E-state index in [9.17, 15) is 9.59 Å². The zero-order valence-corrected chi connectivity index (χ0v) is 19.5. The van der Waals surface area contributed by atoms with Crippen LogP contribution in [0.4, 0.5) is 11.4 Å². The highest BCUT2D eigenvalue weighted by Gasteiger charge is 2.21. The van der Waals surface area contributed by atoms with Crippen molar-refractivity contribution in [2.45, 2.75) is 32.2 Å². The lowest BCUT2D eigenvalue weighted by Crippen LogP contribution is -2.33. The molecule has 1 saturated heterocycles. The largest absolute Gasteiger partial charge is 0.371 e. The molecule has 0 radical (unpaired) electrons. The topological polar surface area (TPSA) is 61.4 Å². The Hall–Kier alpha value is -3.86. The molecule has 0 bridgehead atoms. The quantitative estimate of drug-likeness (QED) is 0.443. The molecule has 3 aromatic carbocycles. The molecule has 5 nitrogen and oxygen atoms in total.